The van der Waals surface area contributed by atoms with Gasteiger partial charge in [-0.15, -0.1) is 0 Å². The fraction of sp³-hybridized carbons (Fsp3) is 0.611. The highest BCUT2D eigenvalue weighted by atomic mass is 16.2. The van der Waals surface area contributed by atoms with Gasteiger partial charge in [-0.05, 0) is 37.3 Å². The fourth-order valence-electron chi connectivity index (χ4n) is 3.73. The number of hydrogen-bond acceptors (Lipinski definition) is 4. The molecule has 0 N–H and O–H groups in total. The molecule has 3 heterocycles. The van der Waals surface area contributed by atoms with Crippen LogP contribution in [0.2, 0.25) is 0 Å². The molecule has 0 radical (unpaired) electrons. The lowest BCUT2D eigenvalue weighted by Gasteiger charge is -2.43. The molecule has 2 aliphatic rings. The minimum Gasteiger partial charge on any atom is -0.356 e. The number of carbonyl (C=O) groups excluding carboxylic acids is 2. The van der Waals surface area contributed by atoms with Gasteiger partial charge in [-0.2, -0.15) is 0 Å². The van der Waals surface area contributed by atoms with E-state index in [0.717, 1.165) is 24.5 Å². The maximum absolute atomic E-state index is 12.8. The van der Waals surface area contributed by atoms with Crippen LogP contribution < -0.4 is 4.90 Å². The molecule has 3 amide bonds. The first kappa shape index (κ1) is 16.7. The number of pyridine rings is 1. The molecule has 3 rings (SSSR count). The normalized spacial score (nSPS) is 20.6. The maximum atomic E-state index is 12.8. The molecule has 0 aromatic carbocycles. The zero-order valence-corrected chi connectivity index (χ0v) is 15.0. The summed E-state index contributed by atoms with van der Waals surface area (Å²) in [5.74, 6) is 1.22. The third-order valence-corrected chi connectivity index (χ3v) is 5.10. The number of piperidine rings is 1. The smallest absolute Gasteiger partial charge is 0.327 e. The lowest BCUT2D eigenvalue weighted by atomic mass is 9.85. The van der Waals surface area contributed by atoms with Gasteiger partial charge in [-0.3, -0.25) is 9.69 Å². The molecular weight excluding hydrogens is 304 g/mol. The van der Waals surface area contributed by atoms with E-state index >= 15 is 0 Å². The first-order valence-electron chi connectivity index (χ1n) is 8.62. The summed E-state index contributed by atoms with van der Waals surface area (Å²) in [5.41, 5.74) is 0.464. The van der Waals surface area contributed by atoms with E-state index in [2.05, 4.69) is 29.8 Å². The summed E-state index contributed by atoms with van der Waals surface area (Å²) >= 11 is 0. The van der Waals surface area contributed by atoms with Crippen molar-refractivity contribution in [3.63, 3.8) is 0 Å². The lowest BCUT2D eigenvalue weighted by Crippen LogP contribution is -2.57. The molecule has 1 aromatic rings. The highest BCUT2D eigenvalue weighted by Gasteiger charge is 2.56. The Balaban J connectivity index is 1.80. The van der Waals surface area contributed by atoms with Crippen LogP contribution in [0.5, 0.6) is 0 Å². The number of anilines is 1. The van der Waals surface area contributed by atoms with Crippen LogP contribution >= 0.6 is 0 Å². The topological polar surface area (TPSA) is 56.8 Å². The van der Waals surface area contributed by atoms with Crippen molar-refractivity contribution in [2.45, 2.75) is 39.2 Å². The van der Waals surface area contributed by atoms with Crippen molar-refractivity contribution in [3.05, 3.63) is 23.9 Å². The Hall–Kier alpha value is -2.11. The SMILES string of the molecule is Cc1ccc(N2CCC3(CC2)C(=O)N(C)C(=O)N3CC(C)C)nc1. The van der Waals surface area contributed by atoms with E-state index in [9.17, 15) is 9.59 Å². The molecule has 0 atom stereocenters. The van der Waals surface area contributed by atoms with E-state index in [1.165, 1.54) is 4.90 Å². The summed E-state index contributed by atoms with van der Waals surface area (Å²) in [6, 6.07) is 3.92. The van der Waals surface area contributed by atoms with Crippen molar-refractivity contribution >= 4 is 17.8 Å². The largest absolute Gasteiger partial charge is 0.356 e. The van der Waals surface area contributed by atoms with Gasteiger partial charge in [-0.25, -0.2) is 9.78 Å². The highest BCUT2D eigenvalue weighted by Crippen LogP contribution is 2.38. The van der Waals surface area contributed by atoms with Crippen LogP contribution in [0.4, 0.5) is 10.6 Å². The van der Waals surface area contributed by atoms with Gasteiger partial charge in [0.15, 0.2) is 0 Å². The molecule has 1 spiro atoms. The molecule has 130 valence electrons. The summed E-state index contributed by atoms with van der Waals surface area (Å²) in [6.07, 6.45) is 3.18. The predicted octanol–water partition coefficient (Wildman–Crippen LogP) is 2.28. The number of urea groups is 1. The molecule has 6 nitrogen and oxygen atoms in total. The van der Waals surface area contributed by atoms with Crippen LogP contribution in [0.3, 0.4) is 0 Å². The zero-order chi connectivity index (χ0) is 17.5. The molecule has 0 unspecified atom stereocenters. The molecule has 2 aliphatic heterocycles. The lowest BCUT2D eigenvalue weighted by molar-refractivity contribution is -0.133. The van der Waals surface area contributed by atoms with Gasteiger partial charge in [0.05, 0.1) is 0 Å². The number of rotatable bonds is 3. The summed E-state index contributed by atoms with van der Waals surface area (Å²) in [4.78, 5) is 35.1. The Labute approximate surface area is 143 Å². The van der Waals surface area contributed by atoms with E-state index in [0.29, 0.717) is 25.3 Å². The number of likely N-dealkylation sites (N-methyl/N-ethyl adjacent to an activating group) is 1. The van der Waals surface area contributed by atoms with E-state index in [4.69, 9.17) is 0 Å². The van der Waals surface area contributed by atoms with Crippen molar-refractivity contribution < 1.29 is 9.59 Å². The van der Waals surface area contributed by atoms with Gasteiger partial charge in [0.1, 0.15) is 11.4 Å². The Morgan fingerprint density at radius 1 is 1.21 bits per heavy atom. The highest BCUT2D eigenvalue weighted by molar-refractivity contribution is 6.06. The second kappa shape index (κ2) is 6.07. The molecule has 1 aromatic heterocycles. The van der Waals surface area contributed by atoms with Crippen LogP contribution in [-0.4, -0.2) is 58.9 Å². The van der Waals surface area contributed by atoms with Gasteiger partial charge < -0.3 is 9.80 Å². The minimum absolute atomic E-state index is 0.0512. The van der Waals surface area contributed by atoms with Crippen LogP contribution in [-0.2, 0) is 4.79 Å². The van der Waals surface area contributed by atoms with Crippen molar-refractivity contribution in [3.8, 4) is 0 Å². The molecule has 2 saturated heterocycles. The van der Waals surface area contributed by atoms with Crippen molar-refractivity contribution in [1.29, 1.82) is 0 Å². The maximum Gasteiger partial charge on any atom is 0.327 e. The first-order valence-corrected chi connectivity index (χ1v) is 8.62. The molecule has 6 heteroatoms. The Morgan fingerprint density at radius 3 is 2.42 bits per heavy atom. The first-order chi connectivity index (χ1) is 11.3. The second-order valence-corrected chi connectivity index (χ2v) is 7.36. The van der Waals surface area contributed by atoms with E-state index in [-0.39, 0.29) is 11.9 Å². The summed E-state index contributed by atoms with van der Waals surface area (Å²) < 4.78 is 0. The van der Waals surface area contributed by atoms with Crippen LogP contribution in [0.15, 0.2) is 18.3 Å². The molecule has 2 fully saturated rings. The standard InChI is InChI=1S/C18H26N4O2/c1-13(2)12-22-17(24)20(4)16(23)18(22)7-9-21(10-8-18)15-6-5-14(3)11-19-15/h5-6,11,13H,7-10,12H2,1-4H3. The van der Waals surface area contributed by atoms with Crippen molar-refractivity contribution in [2.75, 3.05) is 31.6 Å². The quantitative estimate of drug-likeness (QED) is 0.798. The van der Waals surface area contributed by atoms with Crippen molar-refractivity contribution in [2.24, 2.45) is 5.92 Å². The van der Waals surface area contributed by atoms with Gasteiger partial charge in [0.25, 0.3) is 5.91 Å². The number of carbonyl (C=O) groups is 2. The number of nitrogens with zero attached hydrogens (tertiary/aromatic N) is 4. The Morgan fingerprint density at radius 2 is 1.88 bits per heavy atom. The van der Waals surface area contributed by atoms with Crippen LogP contribution in [0.25, 0.3) is 0 Å². The van der Waals surface area contributed by atoms with E-state index in [1.54, 1.807) is 11.9 Å². The second-order valence-electron chi connectivity index (χ2n) is 7.36. The van der Waals surface area contributed by atoms with Gasteiger partial charge in [0.2, 0.25) is 0 Å². The number of hydrogen-bond donors (Lipinski definition) is 0. The number of amides is 3. The Bertz CT molecular complexity index is 633. The summed E-state index contributed by atoms with van der Waals surface area (Å²) in [5, 5.41) is 0. The minimum atomic E-state index is -0.669. The van der Waals surface area contributed by atoms with Gasteiger partial charge in [-0.1, -0.05) is 19.9 Å². The number of aryl methyl sites for hydroxylation is 1. The Kier molecular flexibility index (Phi) is 4.24. The fourth-order valence-corrected chi connectivity index (χ4v) is 3.73. The van der Waals surface area contributed by atoms with Crippen LogP contribution in [0, 0.1) is 12.8 Å². The third kappa shape index (κ3) is 2.64. The van der Waals surface area contributed by atoms with Gasteiger partial charge in [0, 0.05) is 32.9 Å². The third-order valence-electron chi connectivity index (χ3n) is 5.10. The average molecular weight is 330 g/mol. The molecular formula is C18H26N4O2. The van der Waals surface area contributed by atoms with E-state index < -0.39 is 5.54 Å². The predicted molar refractivity (Wildman–Crippen MR) is 92.9 cm³/mol. The van der Waals surface area contributed by atoms with Crippen LogP contribution in [0.1, 0.15) is 32.3 Å². The summed E-state index contributed by atoms with van der Waals surface area (Å²) in [7, 11) is 1.60. The number of imide groups is 1. The molecule has 0 aliphatic carbocycles. The summed E-state index contributed by atoms with van der Waals surface area (Å²) in [6.45, 7) is 8.27. The zero-order valence-electron chi connectivity index (χ0n) is 15.0. The van der Waals surface area contributed by atoms with Gasteiger partial charge >= 0.3 is 6.03 Å². The van der Waals surface area contributed by atoms with Crippen molar-refractivity contribution in [1.82, 2.24) is 14.8 Å². The average Bonchev–Trinajstić information content (AvgIpc) is 2.73. The van der Waals surface area contributed by atoms with E-state index in [1.807, 2.05) is 19.2 Å². The number of aromatic nitrogens is 1. The monoisotopic (exact) mass is 330 g/mol. The molecule has 0 saturated carbocycles. The molecule has 24 heavy (non-hydrogen) atoms. The molecule has 0 bridgehead atoms.